The number of aliphatic imine (C=N–C) groups is 1. The second-order valence-corrected chi connectivity index (χ2v) is 9.23. The molecule has 1 aliphatic rings. The summed E-state index contributed by atoms with van der Waals surface area (Å²) in [5, 5.41) is 3.39. The number of hydrogen-bond acceptors (Lipinski definition) is 5. The van der Waals surface area contributed by atoms with E-state index < -0.39 is 23.9 Å². The summed E-state index contributed by atoms with van der Waals surface area (Å²) in [6, 6.07) is 18.6. The van der Waals surface area contributed by atoms with E-state index in [1.807, 2.05) is 0 Å². The number of ether oxygens (including phenoxy) is 1. The molecule has 0 bridgehead atoms. The molecular formula is C25H16Cl2F3N3O3S. The lowest BCUT2D eigenvalue weighted by Crippen LogP contribution is -2.31. The van der Waals surface area contributed by atoms with Gasteiger partial charge >= 0.3 is 6.36 Å². The van der Waals surface area contributed by atoms with Gasteiger partial charge in [0.1, 0.15) is 5.70 Å². The topological polar surface area (TPSA) is 71.0 Å². The molecule has 3 aromatic carbocycles. The van der Waals surface area contributed by atoms with Gasteiger partial charge in [0.25, 0.3) is 5.91 Å². The number of nitrogens with one attached hydrogen (secondary N) is 1. The zero-order valence-corrected chi connectivity index (χ0v) is 21.0. The SMILES string of the molecule is O=C(CSC1=N/C(=C/c2cc(Cl)ccc2Cl)C(=O)N1c1ccccc1)Nc1ccccc1OC(F)(F)F. The molecule has 2 amide bonds. The number of carbonyl (C=O) groups is 2. The van der Waals surface area contributed by atoms with Gasteiger partial charge in [0.05, 0.1) is 17.1 Å². The highest BCUT2D eigenvalue weighted by molar-refractivity contribution is 8.14. The molecule has 0 unspecified atom stereocenters. The Morgan fingerprint density at radius 2 is 1.76 bits per heavy atom. The Balaban J connectivity index is 1.56. The summed E-state index contributed by atoms with van der Waals surface area (Å²) < 4.78 is 42.0. The lowest BCUT2D eigenvalue weighted by atomic mass is 10.2. The first-order valence-electron chi connectivity index (χ1n) is 10.5. The fourth-order valence-corrected chi connectivity index (χ4v) is 4.44. The number of anilines is 2. The number of alkyl halides is 3. The second-order valence-electron chi connectivity index (χ2n) is 7.45. The van der Waals surface area contributed by atoms with Gasteiger partial charge < -0.3 is 10.1 Å². The number of hydrogen-bond donors (Lipinski definition) is 1. The summed E-state index contributed by atoms with van der Waals surface area (Å²) in [5.74, 6) is -1.87. The van der Waals surface area contributed by atoms with Gasteiger partial charge in [0.2, 0.25) is 5.91 Å². The average Bonchev–Trinajstić information content (AvgIpc) is 3.16. The quantitative estimate of drug-likeness (QED) is 0.326. The molecule has 6 nitrogen and oxygen atoms in total. The van der Waals surface area contributed by atoms with Gasteiger partial charge in [-0.15, -0.1) is 13.2 Å². The molecule has 0 saturated carbocycles. The van der Waals surface area contributed by atoms with Crippen molar-refractivity contribution in [1.82, 2.24) is 0 Å². The first-order chi connectivity index (χ1) is 17.6. The third-order valence-electron chi connectivity index (χ3n) is 4.81. The highest BCUT2D eigenvalue weighted by atomic mass is 35.5. The molecule has 0 spiro atoms. The monoisotopic (exact) mass is 565 g/mol. The number of para-hydroxylation sites is 3. The van der Waals surface area contributed by atoms with Gasteiger partial charge in [-0.3, -0.25) is 14.5 Å². The Morgan fingerprint density at radius 1 is 1.05 bits per heavy atom. The van der Waals surface area contributed by atoms with E-state index in [2.05, 4.69) is 15.0 Å². The average molecular weight is 566 g/mol. The predicted octanol–water partition coefficient (Wildman–Crippen LogP) is 7.01. The molecule has 0 aromatic heterocycles. The van der Waals surface area contributed by atoms with Crippen LogP contribution in [0.3, 0.4) is 0 Å². The molecule has 1 N–H and O–H groups in total. The van der Waals surface area contributed by atoms with E-state index >= 15 is 0 Å². The summed E-state index contributed by atoms with van der Waals surface area (Å²) in [7, 11) is 0. The summed E-state index contributed by atoms with van der Waals surface area (Å²) >= 11 is 13.2. The van der Waals surface area contributed by atoms with Crippen molar-refractivity contribution >= 4 is 69.4 Å². The maximum atomic E-state index is 13.3. The van der Waals surface area contributed by atoms with Crippen LogP contribution in [0.1, 0.15) is 5.56 Å². The zero-order chi connectivity index (χ0) is 26.6. The van der Waals surface area contributed by atoms with Gasteiger partial charge in [-0.05, 0) is 54.1 Å². The minimum absolute atomic E-state index is 0.0693. The van der Waals surface area contributed by atoms with Crippen molar-refractivity contribution in [3.63, 3.8) is 0 Å². The normalized spacial score (nSPS) is 14.6. The maximum absolute atomic E-state index is 13.3. The lowest BCUT2D eigenvalue weighted by Gasteiger charge is -2.18. The highest BCUT2D eigenvalue weighted by Gasteiger charge is 2.33. The third-order valence-corrected chi connectivity index (χ3v) is 6.33. The van der Waals surface area contributed by atoms with E-state index in [0.29, 0.717) is 21.3 Å². The Bertz CT molecular complexity index is 1400. The molecule has 0 saturated heterocycles. The molecule has 1 aliphatic heterocycles. The molecule has 190 valence electrons. The van der Waals surface area contributed by atoms with Crippen molar-refractivity contribution < 1.29 is 27.5 Å². The number of nitrogens with zero attached hydrogens (tertiary/aromatic N) is 2. The first-order valence-corrected chi connectivity index (χ1v) is 12.3. The third kappa shape index (κ3) is 6.85. The Labute approximate surface area is 223 Å². The summed E-state index contributed by atoms with van der Waals surface area (Å²) in [5.41, 5.74) is 0.925. The fourth-order valence-electron chi connectivity index (χ4n) is 3.27. The van der Waals surface area contributed by atoms with Crippen LogP contribution < -0.4 is 15.0 Å². The van der Waals surface area contributed by atoms with Gasteiger partial charge in [-0.1, -0.05) is 65.3 Å². The van der Waals surface area contributed by atoms with Crippen LogP contribution in [0.4, 0.5) is 24.5 Å². The van der Waals surface area contributed by atoms with Crippen LogP contribution in [0, 0.1) is 0 Å². The Morgan fingerprint density at radius 3 is 2.49 bits per heavy atom. The number of amidine groups is 1. The van der Waals surface area contributed by atoms with Crippen molar-refractivity contribution in [1.29, 1.82) is 0 Å². The van der Waals surface area contributed by atoms with Crippen LogP contribution in [0.2, 0.25) is 10.0 Å². The van der Waals surface area contributed by atoms with Crippen LogP contribution in [-0.4, -0.2) is 29.1 Å². The van der Waals surface area contributed by atoms with Crippen LogP contribution >= 0.6 is 35.0 Å². The van der Waals surface area contributed by atoms with Gasteiger partial charge in [0.15, 0.2) is 10.9 Å². The number of carbonyl (C=O) groups excluding carboxylic acids is 2. The van der Waals surface area contributed by atoms with Crippen LogP contribution in [-0.2, 0) is 9.59 Å². The minimum Gasteiger partial charge on any atom is -0.404 e. The Kier molecular flexibility index (Phi) is 8.11. The Hall–Kier alpha value is -3.47. The van der Waals surface area contributed by atoms with Gasteiger partial charge in [-0.25, -0.2) is 4.99 Å². The van der Waals surface area contributed by atoms with Crippen LogP contribution in [0.15, 0.2) is 83.5 Å². The molecular weight excluding hydrogens is 550 g/mol. The number of amides is 2. The van der Waals surface area contributed by atoms with E-state index in [9.17, 15) is 22.8 Å². The summed E-state index contributed by atoms with van der Waals surface area (Å²) in [6.45, 7) is 0. The van der Waals surface area contributed by atoms with E-state index in [-0.39, 0.29) is 22.3 Å². The van der Waals surface area contributed by atoms with Crippen molar-refractivity contribution in [3.05, 3.63) is 94.1 Å². The minimum atomic E-state index is -4.92. The molecule has 37 heavy (non-hydrogen) atoms. The molecule has 4 rings (SSSR count). The smallest absolute Gasteiger partial charge is 0.404 e. The maximum Gasteiger partial charge on any atom is 0.573 e. The molecule has 3 aromatic rings. The van der Waals surface area contributed by atoms with E-state index in [4.69, 9.17) is 23.2 Å². The molecule has 0 fully saturated rings. The fraction of sp³-hybridized carbons (Fsp3) is 0.0800. The lowest BCUT2D eigenvalue weighted by molar-refractivity contribution is -0.274. The molecule has 0 radical (unpaired) electrons. The van der Waals surface area contributed by atoms with Crippen molar-refractivity contribution in [2.24, 2.45) is 4.99 Å². The largest absolute Gasteiger partial charge is 0.573 e. The number of thioether (sulfide) groups is 1. The number of benzene rings is 3. The number of rotatable bonds is 6. The zero-order valence-electron chi connectivity index (χ0n) is 18.6. The summed E-state index contributed by atoms with van der Waals surface area (Å²) in [6.07, 6.45) is -3.43. The van der Waals surface area contributed by atoms with Gasteiger partial charge in [-0.2, -0.15) is 0 Å². The molecule has 1 heterocycles. The molecule has 0 atom stereocenters. The van der Waals surface area contributed by atoms with E-state index in [0.717, 1.165) is 17.8 Å². The first kappa shape index (κ1) is 26.6. The van der Waals surface area contributed by atoms with Gasteiger partial charge in [0, 0.05) is 10.0 Å². The van der Waals surface area contributed by atoms with Crippen molar-refractivity contribution in [2.45, 2.75) is 6.36 Å². The van der Waals surface area contributed by atoms with Crippen LogP contribution in [0.5, 0.6) is 5.75 Å². The van der Waals surface area contributed by atoms with E-state index in [1.165, 1.54) is 29.2 Å². The standard InChI is InChI=1S/C25H16Cl2F3N3O3S/c26-16-10-11-18(27)15(12-16)13-20-23(35)33(17-6-2-1-3-7-17)24(32-20)37-14-22(34)31-19-8-4-5-9-21(19)36-25(28,29)30/h1-13H,14H2,(H,31,34)/b20-13+. The van der Waals surface area contributed by atoms with E-state index in [1.54, 1.807) is 48.5 Å². The van der Waals surface area contributed by atoms with Crippen molar-refractivity contribution in [2.75, 3.05) is 16.0 Å². The predicted molar refractivity (Wildman–Crippen MR) is 140 cm³/mol. The molecule has 12 heteroatoms. The molecule has 0 aliphatic carbocycles. The summed E-state index contributed by atoms with van der Waals surface area (Å²) in [4.78, 5) is 31.6. The highest BCUT2D eigenvalue weighted by Crippen LogP contribution is 2.32. The van der Waals surface area contributed by atoms with Crippen molar-refractivity contribution in [3.8, 4) is 5.75 Å². The van der Waals surface area contributed by atoms with Crippen LogP contribution in [0.25, 0.3) is 6.08 Å². The second kappa shape index (κ2) is 11.3. The number of halogens is 5.